The summed E-state index contributed by atoms with van der Waals surface area (Å²) in [7, 11) is -4.69. The number of aromatic amines is 1. The van der Waals surface area contributed by atoms with E-state index in [-0.39, 0.29) is 0 Å². The van der Waals surface area contributed by atoms with Crippen LogP contribution in [-0.2, 0) is 23.3 Å². The molecule has 12 heteroatoms. The number of H-pyrrole nitrogens is 1. The van der Waals surface area contributed by atoms with Gasteiger partial charge in [-0.05, 0) is 20.8 Å². The zero-order valence-electron chi connectivity index (χ0n) is 13.7. The largest absolute Gasteiger partial charge is 0.469 e. The van der Waals surface area contributed by atoms with E-state index in [0.717, 1.165) is 4.57 Å². The minimum absolute atomic E-state index is 0.299. The molecule has 3 heterocycles. The molecule has 3 N–H and O–H groups in total. The Morgan fingerprint density at radius 3 is 2.60 bits per heavy atom. The van der Waals surface area contributed by atoms with Crippen LogP contribution >= 0.6 is 7.82 Å². The third-order valence-electron chi connectivity index (χ3n) is 3.95. The second kappa shape index (κ2) is 6.13. The van der Waals surface area contributed by atoms with E-state index in [1.165, 1.54) is 13.1 Å². The van der Waals surface area contributed by atoms with Gasteiger partial charge in [0.15, 0.2) is 12.0 Å². The number of fused-ring (bicyclic) bond motifs is 1. The molecule has 2 aliphatic rings. The van der Waals surface area contributed by atoms with Crippen LogP contribution in [0.1, 0.15) is 25.6 Å². The zero-order chi connectivity index (χ0) is 18.6. The first-order chi connectivity index (χ1) is 11.5. The fourth-order valence-electron chi connectivity index (χ4n) is 2.96. The van der Waals surface area contributed by atoms with Gasteiger partial charge in [-0.15, -0.1) is 0 Å². The SMILES string of the molecule is Cc1cn([C@@H]2O[C@H](COP(=O)(O)O)C3OC(C)(C)OC32)c(=O)[nH]c1=O. The molecule has 2 saturated heterocycles. The molecule has 0 amide bonds. The highest BCUT2D eigenvalue weighted by Gasteiger charge is 2.56. The van der Waals surface area contributed by atoms with E-state index in [1.54, 1.807) is 13.8 Å². The molecule has 11 nitrogen and oxygen atoms in total. The Kier molecular flexibility index (Phi) is 4.53. The second-order valence-electron chi connectivity index (χ2n) is 6.39. The van der Waals surface area contributed by atoms with Crippen molar-refractivity contribution in [3.8, 4) is 0 Å². The first-order valence-corrected chi connectivity index (χ1v) is 9.03. The fraction of sp³-hybridized carbons (Fsp3) is 0.692. The van der Waals surface area contributed by atoms with E-state index < -0.39 is 56.0 Å². The first-order valence-electron chi connectivity index (χ1n) is 7.50. The first kappa shape index (κ1) is 18.5. The lowest BCUT2D eigenvalue weighted by Crippen LogP contribution is -2.38. The van der Waals surface area contributed by atoms with Gasteiger partial charge in [-0.1, -0.05) is 0 Å². The van der Waals surface area contributed by atoms with E-state index in [2.05, 4.69) is 9.51 Å². The molecule has 3 rings (SSSR count). The summed E-state index contributed by atoms with van der Waals surface area (Å²) in [5, 5.41) is 0. The van der Waals surface area contributed by atoms with Gasteiger partial charge < -0.3 is 24.0 Å². The maximum atomic E-state index is 12.1. The summed E-state index contributed by atoms with van der Waals surface area (Å²) in [6.07, 6.45) is -1.90. The molecule has 0 aromatic carbocycles. The van der Waals surface area contributed by atoms with Crippen molar-refractivity contribution in [2.24, 2.45) is 0 Å². The van der Waals surface area contributed by atoms with Crippen LogP contribution in [0.5, 0.6) is 0 Å². The number of aromatic nitrogens is 2. The Hall–Kier alpha value is -1.33. The summed E-state index contributed by atoms with van der Waals surface area (Å²) >= 11 is 0. The van der Waals surface area contributed by atoms with Crippen LogP contribution < -0.4 is 11.2 Å². The standard InChI is InChI=1S/C13H19N2O9P/c1-6-4-15(12(17)14-10(6)16)11-9-8(23-13(2,3)24-9)7(22-11)5-21-25(18,19)20/h4,7-9,11H,5H2,1-3H3,(H,14,16,17)(H2,18,19,20)/t7-,8?,9?,11-/m1/s1. The van der Waals surface area contributed by atoms with Gasteiger partial charge in [0.25, 0.3) is 5.56 Å². The number of nitrogens with one attached hydrogen (secondary N) is 1. The molecule has 1 aromatic heterocycles. The van der Waals surface area contributed by atoms with Crippen LogP contribution in [0.4, 0.5) is 0 Å². The van der Waals surface area contributed by atoms with Crippen molar-refractivity contribution in [2.75, 3.05) is 6.61 Å². The number of phosphoric ester groups is 1. The van der Waals surface area contributed by atoms with Crippen LogP contribution in [0.15, 0.2) is 15.8 Å². The highest BCUT2D eigenvalue weighted by Crippen LogP contribution is 2.44. The molecule has 25 heavy (non-hydrogen) atoms. The Bertz CT molecular complexity index is 826. The van der Waals surface area contributed by atoms with Crippen LogP contribution in [-0.4, -0.2) is 50.0 Å². The van der Waals surface area contributed by atoms with Crippen molar-refractivity contribution in [2.45, 2.75) is 51.1 Å². The van der Waals surface area contributed by atoms with E-state index in [4.69, 9.17) is 24.0 Å². The van der Waals surface area contributed by atoms with E-state index in [0.29, 0.717) is 5.56 Å². The number of phosphoric acid groups is 1. The van der Waals surface area contributed by atoms with Gasteiger partial charge in [0.05, 0.1) is 6.61 Å². The van der Waals surface area contributed by atoms with Crippen molar-refractivity contribution in [3.05, 3.63) is 32.6 Å². The number of aryl methyl sites for hydroxylation is 1. The normalized spacial score (nSPS) is 31.2. The highest BCUT2D eigenvalue weighted by molar-refractivity contribution is 7.46. The number of hydrogen-bond acceptors (Lipinski definition) is 7. The van der Waals surface area contributed by atoms with Crippen LogP contribution in [0.2, 0.25) is 0 Å². The topological polar surface area (TPSA) is 149 Å². The van der Waals surface area contributed by atoms with Gasteiger partial charge >= 0.3 is 13.5 Å². The zero-order valence-corrected chi connectivity index (χ0v) is 14.6. The molecule has 4 atom stereocenters. The summed E-state index contributed by atoms with van der Waals surface area (Å²) in [5.41, 5.74) is -0.904. The number of ether oxygens (including phenoxy) is 3. The minimum Gasteiger partial charge on any atom is -0.346 e. The molecule has 2 aliphatic heterocycles. The van der Waals surface area contributed by atoms with Gasteiger partial charge in [-0.25, -0.2) is 9.36 Å². The highest BCUT2D eigenvalue weighted by atomic mass is 31.2. The average molecular weight is 378 g/mol. The van der Waals surface area contributed by atoms with Gasteiger partial charge in [0, 0.05) is 11.8 Å². The van der Waals surface area contributed by atoms with Crippen molar-refractivity contribution in [3.63, 3.8) is 0 Å². The molecule has 0 saturated carbocycles. The number of rotatable bonds is 4. The Morgan fingerprint density at radius 2 is 1.96 bits per heavy atom. The molecule has 0 aliphatic carbocycles. The number of hydrogen-bond donors (Lipinski definition) is 3. The predicted octanol–water partition coefficient (Wildman–Crippen LogP) is -0.628. The van der Waals surface area contributed by atoms with Crippen LogP contribution in [0.25, 0.3) is 0 Å². The summed E-state index contributed by atoms with van der Waals surface area (Å²) in [5.74, 6) is -0.974. The summed E-state index contributed by atoms with van der Waals surface area (Å²) in [4.78, 5) is 43.6. The molecule has 140 valence electrons. The van der Waals surface area contributed by atoms with Gasteiger partial charge in [-0.2, -0.15) is 0 Å². The lowest BCUT2D eigenvalue weighted by Gasteiger charge is -2.25. The average Bonchev–Trinajstić information content (AvgIpc) is 2.93. The van der Waals surface area contributed by atoms with Crippen LogP contribution in [0, 0.1) is 6.92 Å². The quantitative estimate of drug-likeness (QED) is 0.582. The smallest absolute Gasteiger partial charge is 0.346 e. The van der Waals surface area contributed by atoms with E-state index >= 15 is 0 Å². The Morgan fingerprint density at radius 1 is 1.32 bits per heavy atom. The predicted molar refractivity (Wildman–Crippen MR) is 81.8 cm³/mol. The Balaban J connectivity index is 1.92. The molecule has 2 unspecified atom stereocenters. The molecular weight excluding hydrogens is 359 g/mol. The summed E-state index contributed by atoms with van der Waals surface area (Å²) in [6, 6.07) is 0. The number of nitrogens with zero attached hydrogens (tertiary/aromatic N) is 1. The monoisotopic (exact) mass is 378 g/mol. The second-order valence-corrected chi connectivity index (χ2v) is 7.63. The third-order valence-corrected chi connectivity index (χ3v) is 4.44. The van der Waals surface area contributed by atoms with Gasteiger partial charge in [0.2, 0.25) is 0 Å². The van der Waals surface area contributed by atoms with Crippen molar-refractivity contribution < 1.29 is 33.1 Å². The molecular formula is C13H19N2O9P. The van der Waals surface area contributed by atoms with Gasteiger partial charge in [-0.3, -0.25) is 18.9 Å². The molecule has 2 fully saturated rings. The maximum Gasteiger partial charge on any atom is 0.469 e. The fourth-order valence-corrected chi connectivity index (χ4v) is 3.30. The van der Waals surface area contributed by atoms with Crippen molar-refractivity contribution >= 4 is 7.82 Å². The van der Waals surface area contributed by atoms with Gasteiger partial charge in [0.1, 0.15) is 18.3 Å². The molecule has 0 radical (unpaired) electrons. The third kappa shape index (κ3) is 3.77. The van der Waals surface area contributed by atoms with E-state index in [1.807, 2.05) is 0 Å². The Labute approximate surface area is 141 Å². The molecule has 0 bridgehead atoms. The van der Waals surface area contributed by atoms with Crippen LogP contribution in [0.3, 0.4) is 0 Å². The van der Waals surface area contributed by atoms with E-state index in [9.17, 15) is 14.2 Å². The van der Waals surface area contributed by atoms with Crippen molar-refractivity contribution in [1.29, 1.82) is 0 Å². The molecule has 1 aromatic rings. The maximum absolute atomic E-state index is 12.1. The lowest BCUT2D eigenvalue weighted by molar-refractivity contribution is -0.200. The van der Waals surface area contributed by atoms with Crippen molar-refractivity contribution in [1.82, 2.24) is 9.55 Å². The molecule has 0 spiro atoms. The minimum atomic E-state index is -4.69. The summed E-state index contributed by atoms with van der Waals surface area (Å²) in [6.45, 7) is 4.43. The lowest BCUT2D eigenvalue weighted by atomic mass is 10.1. The summed E-state index contributed by atoms with van der Waals surface area (Å²) < 4.78 is 33.8.